The van der Waals surface area contributed by atoms with Crippen LogP contribution in [0.15, 0.2) is 24.3 Å². The Kier molecular flexibility index (Phi) is 3.50. The van der Waals surface area contributed by atoms with Gasteiger partial charge in [0.2, 0.25) is 0 Å². The van der Waals surface area contributed by atoms with E-state index >= 15 is 0 Å². The Morgan fingerprint density at radius 3 is 2.47 bits per heavy atom. The molecule has 1 aromatic rings. The number of hydrogen-bond acceptors (Lipinski definition) is 2. The highest BCUT2D eigenvalue weighted by atomic mass is 19.1. The Bertz CT molecular complexity index is 372. The third-order valence-corrected chi connectivity index (χ3v) is 4.15. The molecule has 1 aliphatic rings. The van der Waals surface area contributed by atoms with Gasteiger partial charge in [-0.25, -0.2) is 4.39 Å². The first-order chi connectivity index (χ1) is 8.04. The van der Waals surface area contributed by atoms with Crippen LogP contribution in [0.25, 0.3) is 0 Å². The van der Waals surface area contributed by atoms with Crippen LogP contribution in [-0.2, 0) is 0 Å². The maximum atomic E-state index is 12.9. The van der Waals surface area contributed by atoms with E-state index in [0.29, 0.717) is 11.3 Å². The number of hydrazine groups is 1. The van der Waals surface area contributed by atoms with Gasteiger partial charge in [-0.05, 0) is 41.9 Å². The van der Waals surface area contributed by atoms with Crippen LogP contribution >= 0.6 is 0 Å². The first-order valence-electron chi connectivity index (χ1n) is 6.26. The molecule has 2 rings (SSSR count). The fourth-order valence-corrected chi connectivity index (χ4v) is 3.09. The van der Waals surface area contributed by atoms with Crippen molar-refractivity contribution in [3.8, 4) is 0 Å². The largest absolute Gasteiger partial charge is 0.271 e. The predicted octanol–water partition coefficient (Wildman–Crippen LogP) is 3.16. The zero-order chi connectivity index (χ0) is 12.5. The molecule has 1 saturated carbocycles. The average Bonchev–Trinajstić information content (AvgIpc) is 2.63. The van der Waals surface area contributed by atoms with Crippen LogP contribution in [0.4, 0.5) is 4.39 Å². The van der Waals surface area contributed by atoms with Gasteiger partial charge in [-0.3, -0.25) is 11.3 Å². The number of hydrogen-bond donors (Lipinski definition) is 2. The fraction of sp³-hybridized carbons (Fsp3) is 0.571. The molecule has 3 heteroatoms. The third-order valence-electron chi connectivity index (χ3n) is 4.15. The second kappa shape index (κ2) is 4.75. The van der Waals surface area contributed by atoms with Crippen LogP contribution in [0, 0.1) is 17.2 Å². The molecule has 17 heavy (non-hydrogen) atoms. The quantitative estimate of drug-likeness (QED) is 0.625. The summed E-state index contributed by atoms with van der Waals surface area (Å²) in [5, 5.41) is 0. The molecule has 1 aromatic carbocycles. The summed E-state index contributed by atoms with van der Waals surface area (Å²) in [5.74, 6) is 6.01. The standard InChI is InChI=1S/C14H21FN2/c1-14(2)9-3-4-12(14)13(17-16)10-5-7-11(15)8-6-10/h5-8,12-13,17H,3-4,9,16H2,1-2H3. The van der Waals surface area contributed by atoms with E-state index in [2.05, 4.69) is 19.3 Å². The van der Waals surface area contributed by atoms with Crippen LogP contribution in [0.3, 0.4) is 0 Å². The lowest BCUT2D eigenvalue weighted by Gasteiger charge is -2.34. The number of nitrogens with two attached hydrogens (primary N) is 1. The van der Waals surface area contributed by atoms with E-state index in [1.165, 1.54) is 31.4 Å². The van der Waals surface area contributed by atoms with Crippen molar-refractivity contribution in [2.75, 3.05) is 0 Å². The highest BCUT2D eigenvalue weighted by Gasteiger charge is 2.39. The molecule has 2 nitrogen and oxygen atoms in total. The Morgan fingerprint density at radius 1 is 1.35 bits per heavy atom. The van der Waals surface area contributed by atoms with Gasteiger partial charge in [0.05, 0.1) is 0 Å². The lowest BCUT2D eigenvalue weighted by atomic mass is 9.75. The van der Waals surface area contributed by atoms with Crippen molar-refractivity contribution in [2.45, 2.75) is 39.2 Å². The van der Waals surface area contributed by atoms with Crippen LogP contribution in [-0.4, -0.2) is 0 Å². The highest BCUT2D eigenvalue weighted by molar-refractivity contribution is 5.21. The van der Waals surface area contributed by atoms with E-state index in [-0.39, 0.29) is 11.9 Å². The number of rotatable bonds is 3. The third kappa shape index (κ3) is 2.50. The zero-order valence-electron chi connectivity index (χ0n) is 10.5. The Morgan fingerprint density at radius 2 is 2.00 bits per heavy atom. The van der Waals surface area contributed by atoms with E-state index in [9.17, 15) is 4.39 Å². The molecule has 0 saturated heterocycles. The van der Waals surface area contributed by atoms with E-state index < -0.39 is 0 Å². The number of halogens is 1. The number of benzene rings is 1. The van der Waals surface area contributed by atoms with Crippen molar-refractivity contribution in [1.29, 1.82) is 0 Å². The van der Waals surface area contributed by atoms with Gasteiger partial charge < -0.3 is 0 Å². The summed E-state index contributed by atoms with van der Waals surface area (Å²) in [6.07, 6.45) is 3.66. The van der Waals surface area contributed by atoms with Crippen molar-refractivity contribution in [3.63, 3.8) is 0 Å². The summed E-state index contributed by atoms with van der Waals surface area (Å²) in [5.41, 5.74) is 4.29. The molecule has 2 atom stereocenters. The minimum Gasteiger partial charge on any atom is -0.271 e. The van der Waals surface area contributed by atoms with E-state index in [1.807, 2.05) is 12.1 Å². The molecule has 0 radical (unpaired) electrons. The molecule has 0 spiro atoms. The van der Waals surface area contributed by atoms with Gasteiger partial charge in [-0.15, -0.1) is 0 Å². The van der Waals surface area contributed by atoms with Gasteiger partial charge in [-0.2, -0.15) is 0 Å². The molecule has 3 N–H and O–H groups in total. The Labute approximate surface area is 102 Å². The van der Waals surface area contributed by atoms with Crippen molar-refractivity contribution in [2.24, 2.45) is 17.2 Å². The molecule has 0 aromatic heterocycles. The Balaban J connectivity index is 2.24. The Hall–Kier alpha value is -0.930. The summed E-state index contributed by atoms with van der Waals surface area (Å²) >= 11 is 0. The molecule has 0 amide bonds. The molecule has 0 bridgehead atoms. The van der Waals surface area contributed by atoms with Crippen LogP contribution in [0.2, 0.25) is 0 Å². The maximum Gasteiger partial charge on any atom is 0.123 e. The molecule has 1 fully saturated rings. The smallest absolute Gasteiger partial charge is 0.123 e. The lowest BCUT2D eigenvalue weighted by molar-refractivity contribution is 0.198. The summed E-state index contributed by atoms with van der Waals surface area (Å²) < 4.78 is 12.9. The molecule has 0 aliphatic heterocycles. The molecule has 94 valence electrons. The SMILES string of the molecule is CC1(C)CCCC1C(NN)c1ccc(F)cc1. The molecule has 2 unspecified atom stereocenters. The first kappa shape index (κ1) is 12.5. The summed E-state index contributed by atoms with van der Waals surface area (Å²) in [6, 6.07) is 6.78. The van der Waals surface area contributed by atoms with Gasteiger partial charge in [0.1, 0.15) is 5.82 Å². The van der Waals surface area contributed by atoms with Gasteiger partial charge in [0.25, 0.3) is 0 Å². The average molecular weight is 236 g/mol. The zero-order valence-corrected chi connectivity index (χ0v) is 10.5. The van der Waals surface area contributed by atoms with Gasteiger partial charge in [-0.1, -0.05) is 32.4 Å². The second-order valence-electron chi connectivity index (χ2n) is 5.68. The van der Waals surface area contributed by atoms with Crippen molar-refractivity contribution >= 4 is 0 Å². The molecular weight excluding hydrogens is 215 g/mol. The summed E-state index contributed by atoms with van der Waals surface area (Å²) in [7, 11) is 0. The van der Waals surface area contributed by atoms with Crippen molar-refractivity contribution in [1.82, 2.24) is 5.43 Å². The second-order valence-corrected chi connectivity index (χ2v) is 5.68. The topological polar surface area (TPSA) is 38.0 Å². The summed E-state index contributed by atoms with van der Waals surface area (Å²) in [6.45, 7) is 4.58. The monoisotopic (exact) mass is 236 g/mol. The van der Waals surface area contributed by atoms with Crippen molar-refractivity contribution < 1.29 is 4.39 Å². The maximum absolute atomic E-state index is 12.9. The van der Waals surface area contributed by atoms with E-state index in [1.54, 1.807) is 0 Å². The van der Waals surface area contributed by atoms with Gasteiger partial charge in [0, 0.05) is 6.04 Å². The normalized spacial score (nSPS) is 24.8. The molecule has 1 aliphatic carbocycles. The van der Waals surface area contributed by atoms with Crippen LogP contribution in [0.1, 0.15) is 44.7 Å². The fourth-order valence-electron chi connectivity index (χ4n) is 3.09. The first-order valence-corrected chi connectivity index (χ1v) is 6.26. The van der Waals surface area contributed by atoms with E-state index in [0.717, 1.165) is 5.56 Å². The van der Waals surface area contributed by atoms with Crippen molar-refractivity contribution in [3.05, 3.63) is 35.6 Å². The molecule has 0 heterocycles. The van der Waals surface area contributed by atoms with Crippen LogP contribution < -0.4 is 11.3 Å². The number of nitrogens with one attached hydrogen (secondary N) is 1. The lowest BCUT2D eigenvalue weighted by Crippen LogP contribution is -2.37. The minimum absolute atomic E-state index is 0.119. The van der Waals surface area contributed by atoms with Crippen LogP contribution in [0.5, 0.6) is 0 Å². The predicted molar refractivity (Wildman–Crippen MR) is 67.6 cm³/mol. The van der Waals surface area contributed by atoms with E-state index in [4.69, 9.17) is 5.84 Å². The highest BCUT2D eigenvalue weighted by Crippen LogP contribution is 2.48. The van der Waals surface area contributed by atoms with Gasteiger partial charge in [0.15, 0.2) is 0 Å². The summed E-state index contributed by atoms with van der Waals surface area (Å²) in [4.78, 5) is 0. The van der Waals surface area contributed by atoms with Gasteiger partial charge >= 0.3 is 0 Å². The molecular formula is C14H21FN2. The minimum atomic E-state index is -0.199.